The van der Waals surface area contributed by atoms with Gasteiger partial charge in [0.1, 0.15) is 11.5 Å². The van der Waals surface area contributed by atoms with E-state index in [4.69, 9.17) is 9.47 Å². The van der Waals surface area contributed by atoms with Gasteiger partial charge in [-0.3, -0.25) is 4.79 Å². The largest absolute Gasteiger partial charge is 0.496 e. The van der Waals surface area contributed by atoms with Crippen LogP contribution in [-0.2, 0) is 0 Å². The first-order valence-electron chi connectivity index (χ1n) is 7.81. The molecule has 1 amide bonds. The van der Waals surface area contributed by atoms with E-state index >= 15 is 0 Å². The van der Waals surface area contributed by atoms with Crippen molar-refractivity contribution >= 4 is 5.91 Å². The summed E-state index contributed by atoms with van der Waals surface area (Å²) in [4.78, 5) is 12.5. The van der Waals surface area contributed by atoms with E-state index < -0.39 is 0 Å². The topological polar surface area (TPSA) is 59.6 Å². The summed E-state index contributed by atoms with van der Waals surface area (Å²) in [6, 6.07) is 3.66. The van der Waals surface area contributed by atoms with E-state index in [2.05, 4.69) is 17.6 Å². The van der Waals surface area contributed by atoms with Gasteiger partial charge in [-0.05, 0) is 57.8 Å². The predicted molar refractivity (Wildman–Crippen MR) is 86.8 cm³/mol. The van der Waals surface area contributed by atoms with Crippen LogP contribution in [0, 0.1) is 12.8 Å². The molecule has 2 unspecified atom stereocenters. The van der Waals surface area contributed by atoms with Crippen molar-refractivity contribution in [2.45, 2.75) is 32.7 Å². The van der Waals surface area contributed by atoms with Crippen LogP contribution >= 0.6 is 0 Å². The average molecular weight is 306 g/mol. The van der Waals surface area contributed by atoms with E-state index in [1.165, 1.54) is 0 Å². The highest BCUT2D eigenvalue weighted by atomic mass is 16.5. The third kappa shape index (κ3) is 3.71. The Kier molecular flexibility index (Phi) is 5.66. The van der Waals surface area contributed by atoms with Gasteiger partial charge in [0.05, 0.1) is 14.2 Å². The highest BCUT2D eigenvalue weighted by Crippen LogP contribution is 2.29. The highest BCUT2D eigenvalue weighted by Gasteiger charge is 2.22. The minimum absolute atomic E-state index is 0.0883. The average Bonchev–Trinajstić information content (AvgIpc) is 2.55. The number of hydrogen-bond acceptors (Lipinski definition) is 4. The normalized spacial score (nSPS) is 19.4. The molecule has 1 aliphatic heterocycles. The lowest BCUT2D eigenvalue weighted by Crippen LogP contribution is -2.44. The molecule has 1 saturated heterocycles. The molecule has 0 radical (unpaired) electrons. The summed E-state index contributed by atoms with van der Waals surface area (Å²) in [6.45, 7) is 6.01. The van der Waals surface area contributed by atoms with E-state index in [1.807, 2.05) is 6.92 Å². The van der Waals surface area contributed by atoms with E-state index in [0.717, 1.165) is 31.5 Å². The van der Waals surface area contributed by atoms with Crippen LogP contribution in [0.1, 0.15) is 35.7 Å². The fourth-order valence-electron chi connectivity index (χ4n) is 2.93. The van der Waals surface area contributed by atoms with Crippen LogP contribution in [0.2, 0.25) is 0 Å². The monoisotopic (exact) mass is 306 g/mol. The van der Waals surface area contributed by atoms with E-state index in [0.29, 0.717) is 23.0 Å². The molecule has 0 bridgehead atoms. The first-order valence-corrected chi connectivity index (χ1v) is 7.81. The minimum Gasteiger partial charge on any atom is -0.496 e. The SMILES string of the molecule is COc1cc(C(=O)NC(C)C2CCCNC2)cc(OC)c1C. The molecule has 1 aromatic rings. The standard InChI is InChI=1S/C17H26N2O3/c1-11-15(21-3)8-14(9-16(11)22-4)17(20)19-12(2)13-6-5-7-18-10-13/h8-9,12-13,18H,5-7,10H2,1-4H3,(H,19,20). The maximum absolute atomic E-state index is 12.5. The molecule has 0 aromatic heterocycles. The highest BCUT2D eigenvalue weighted by molar-refractivity contribution is 5.95. The smallest absolute Gasteiger partial charge is 0.251 e. The quantitative estimate of drug-likeness (QED) is 0.875. The zero-order valence-electron chi connectivity index (χ0n) is 13.9. The van der Waals surface area contributed by atoms with Crippen LogP contribution in [-0.4, -0.2) is 39.3 Å². The van der Waals surface area contributed by atoms with Gasteiger partial charge in [0.2, 0.25) is 0 Å². The van der Waals surface area contributed by atoms with Gasteiger partial charge in [0, 0.05) is 17.2 Å². The van der Waals surface area contributed by atoms with E-state index in [1.54, 1.807) is 26.4 Å². The Labute approximate surface area is 132 Å². The van der Waals surface area contributed by atoms with Crippen LogP contribution in [0.5, 0.6) is 11.5 Å². The van der Waals surface area contributed by atoms with Gasteiger partial charge >= 0.3 is 0 Å². The van der Waals surface area contributed by atoms with Crippen LogP contribution in [0.25, 0.3) is 0 Å². The van der Waals surface area contributed by atoms with Crippen molar-refractivity contribution in [1.29, 1.82) is 0 Å². The Morgan fingerprint density at radius 1 is 1.32 bits per heavy atom. The maximum atomic E-state index is 12.5. The van der Waals surface area contributed by atoms with Crippen LogP contribution in [0.4, 0.5) is 0 Å². The molecule has 1 aliphatic rings. The van der Waals surface area contributed by atoms with Crippen molar-refractivity contribution in [2.75, 3.05) is 27.3 Å². The van der Waals surface area contributed by atoms with Crippen molar-refractivity contribution in [3.8, 4) is 11.5 Å². The Bertz CT molecular complexity index is 500. The second kappa shape index (κ2) is 7.49. The molecular weight excluding hydrogens is 280 g/mol. The molecular formula is C17H26N2O3. The second-order valence-electron chi connectivity index (χ2n) is 5.87. The van der Waals surface area contributed by atoms with Crippen molar-refractivity contribution in [3.05, 3.63) is 23.3 Å². The Morgan fingerprint density at radius 2 is 1.95 bits per heavy atom. The number of carbonyl (C=O) groups is 1. The van der Waals surface area contributed by atoms with Gasteiger partial charge in [0.15, 0.2) is 0 Å². The zero-order valence-corrected chi connectivity index (χ0v) is 13.9. The molecule has 2 rings (SSSR count). The summed E-state index contributed by atoms with van der Waals surface area (Å²) < 4.78 is 10.7. The van der Waals surface area contributed by atoms with Crippen LogP contribution in [0.3, 0.4) is 0 Å². The summed E-state index contributed by atoms with van der Waals surface area (Å²) in [7, 11) is 3.19. The number of methoxy groups -OCH3 is 2. The van der Waals surface area contributed by atoms with E-state index in [-0.39, 0.29) is 11.9 Å². The van der Waals surface area contributed by atoms with Crippen LogP contribution in [0.15, 0.2) is 12.1 Å². The minimum atomic E-state index is -0.0883. The first-order chi connectivity index (χ1) is 10.6. The number of piperidine rings is 1. The molecule has 2 N–H and O–H groups in total. The number of nitrogens with one attached hydrogen (secondary N) is 2. The van der Waals surface area contributed by atoms with E-state index in [9.17, 15) is 4.79 Å². The number of amides is 1. The van der Waals surface area contributed by atoms with Gasteiger partial charge in [-0.25, -0.2) is 0 Å². The number of carbonyl (C=O) groups excluding carboxylic acids is 1. The number of hydrogen-bond donors (Lipinski definition) is 2. The lowest BCUT2D eigenvalue weighted by atomic mass is 9.92. The summed E-state index contributed by atoms with van der Waals surface area (Å²) >= 11 is 0. The Morgan fingerprint density at radius 3 is 2.45 bits per heavy atom. The Balaban J connectivity index is 2.11. The summed E-state index contributed by atoms with van der Waals surface area (Å²) in [5.74, 6) is 1.72. The van der Waals surface area contributed by atoms with Gasteiger partial charge in [-0.2, -0.15) is 0 Å². The number of ether oxygens (including phenoxy) is 2. The molecule has 1 fully saturated rings. The fraction of sp³-hybridized carbons (Fsp3) is 0.588. The van der Waals surface area contributed by atoms with Gasteiger partial charge in [-0.15, -0.1) is 0 Å². The lowest BCUT2D eigenvalue weighted by Gasteiger charge is -2.29. The fourth-order valence-corrected chi connectivity index (χ4v) is 2.93. The molecule has 1 heterocycles. The zero-order chi connectivity index (χ0) is 16.1. The molecule has 5 nitrogen and oxygen atoms in total. The molecule has 0 aliphatic carbocycles. The third-order valence-electron chi connectivity index (χ3n) is 4.42. The summed E-state index contributed by atoms with van der Waals surface area (Å²) in [6.07, 6.45) is 2.31. The van der Waals surface area contributed by atoms with Crippen molar-refractivity contribution in [1.82, 2.24) is 10.6 Å². The molecule has 2 atom stereocenters. The predicted octanol–water partition coefficient (Wildman–Crippen LogP) is 2.13. The summed E-state index contributed by atoms with van der Waals surface area (Å²) in [5, 5.41) is 6.48. The third-order valence-corrected chi connectivity index (χ3v) is 4.42. The molecule has 0 saturated carbocycles. The molecule has 122 valence electrons. The maximum Gasteiger partial charge on any atom is 0.251 e. The molecule has 5 heteroatoms. The second-order valence-corrected chi connectivity index (χ2v) is 5.87. The number of rotatable bonds is 5. The van der Waals surface area contributed by atoms with Crippen molar-refractivity contribution < 1.29 is 14.3 Å². The van der Waals surface area contributed by atoms with Gasteiger partial charge < -0.3 is 20.1 Å². The molecule has 0 spiro atoms. The lowest BCUT2D eigenvalue weighted by molar-refractivity contribution is 0.0921. The van der Waals surface area contributed by atoms with Crippen molar-refractivity contribution in [3.63, 3.8) is 0 Å². The molecule has 1 aromatic carbocycles. The molecule has 22 heavy (non-hydrogen) atoms. The van der Waals surface area contributed by atoms with Gasteiger partial charge in [0.25, 0.3) is 5.91 Å². The number of benzene rings is 1. The Hall–Kier alpha value is -1.75. The first kappa shape index (κ1) is 16.6. The van der Waals surface area contributed by atoms with Crippen molar-refractivity contribution in [2.24, 2.45) is 5.92 Å². The van der Waals surface area contributed by atoms with Gasteiger partial charge in [-0.1, -0.05) is 0 Å². The van der Waals surface area contributed by atoms with Crippen LogP contribution < -0.4 is 20.1 Å². The summed E-state index contributed by atoms with van der Waals surface area (Å²) in [5.41, 5.74) is 1.46.